The highest BCUT2D eigenvalue weighted by molar-refractivity contribution is 6.31. The van der Waals surface area contributed by atoms with Gasteiger partial charge in [0.2, 0.25) is 5.82 Å². The average molecular weight is 331 g/mol. The third kappa shape index (κ3) is 3.96. The molecular weight excluding hydrogens is 316 g/mol. The van der Waals surface area contributed by atoms with E-state index in [1.54, 1.807) is 13.0 Å². The third-order valence-corrected chi connectivity index (χ3v) is 3.44. The highest BCUT2D eigenvalue weighted by Gasteiger charge is 2.16. The number of esters is 1. The lowest BCUT2D eigenvalue weighted by molar-refractivity contribution is 0.0512. The smallest absolute Gasteiger partial charge is 0.376 e. The third-order valence-electron chi connectivity index (χ3n) is 3.10. The molecule has 0 aliphatic carbocycles. The Morgan fingerprint density at radius 2 is 2.22 bits per heavy atom. The Kier molecular flexibility index (Phi) is 5.50. The molecule has 118 valence electrons. The summed E-state index contributed by atoms with van der Waals surface area (Å²) in [5.74, 6) is -0.797. The first-order chi connectivity index (χ1) is 11.1. The van der Waals surface area contributed by atoms with Crippen LogP contribution in [0.4, 0.5) is 5.69 Å². The normalized spacial score (nSPS) is 11.4. The summed E-state index contributed by atoms with van der Waals surface area (Å²) in [4.78, 5) is 19.5. The maximum atomic E-state index is 11.6. The van der Waals surface area contributed by atoms with Crippen LogP contribution >= 0.6 is 11.6 Å². The van der Waals surface area contributed by atoms with Crippen molar-refractivity contribution < 1.29 is 9.53 Å². The Morgan fingerprint density at radius 3 is 2.87 bits per heavy atom. The molecule has 1 heterocycles. The van der Waals surface area contributed by atoms with E-state index in [1.165, 1.54) is 6.20 Å². The summed E-state index contributed by atoms with van der Waals surface area (Å²) in [5.41, 5.74) is 1.38. The molecule has 1 N–H and O–H groups in total. The maximum Gasteiger partial charge on any atom is 0.376 e. The largest absolute Gasteiger partial charge is 0.460 e. The molecule has 7 heteroatoms. The highest BCUT2D eigenvalue weighted by Crippen LogP contribution is 2.26. The Bertz CT molecular complexity index is 758. The highest BCUT2D eigenvalue weighted by atomic mass is 35.5. The first-order valence-electron chi connectivity index (χ1n) is 7.02. The van der Waals surface area contributed by atoms with Gasteiger partial charge in [-0.1, -0.05) is 29.8 Å². The van der Waals surface area contributed by atoms with Crippen LogP contribution in [-0.2, 0) is 4.74 Å². The summed E-state index contributed by atoms with van der Waals surface area (Å²) in [7, 11) is 0. The molecule has 1 atom stereocenters. The molecule has 0 spiro atoms. The Hall–Kier alpha value is -2.65. The van der Waals surface area contributed by atoms with Gasteiger partial charge in [0.05, 0.1) is 24.5 Å². The minimum absolute atomic E-state index is 0.0713. The fourth-order valence-corrected chi connectivity index (χ4v) is 2.30. The Balaban J connectivity index is 2.25. The van der Waals surface area contributed by atoms with Crippen molar-refractivity contribution in [1.29, 1.82) is 5.26 Å². The van der Waals surface area contributed by atoms with Gasteiger partial charge in [-0.15, -0.1) is 0 Å². The molecule has 0 fully saturated rings. The van der Waals surface area contributed by atoms with Gasteiger partial charge in [-0.25, -0.2) is 14.8 Å². The number of rotatable bonds is 5. The molecule has 6 nitrogen and oxygen atoms in total. The molecule has 0 bridgehead atoms. The van der Waals surface area contributed by atoms with Crippen molar-refractivity contribution in [2.45, 2.75) is 19.9 Å². The second-order valence-electron chi connectivity index (χ2n) is 4.68. The average Bonchev–Trinajstić information content (AvgIpc) is 2.55. The molecule has 0 aliphatic rings. The zero-order chi connectivity index (χ0) is 16.8. The molecular formula is C16H15ClN4O2. The van der Waals surface area contributed by atoms with Crippen molar-refractivity contribution >= 4 is 23.3 Å². The molecule has 0 aliphatic heterocycles. The van der Waals surface area contributed by atoms with Crippen molar-refractivity contribution in [3.8, 4) is 6.07 Å². The van der Waals surface area contributed by atoms with Crippen molar-refractivity contribution in [3.05, 3.63) is 52.6 Å². The maximum absolute atomic E-state index is 11.6. The molecule has 0 radical (unpaired) electrons. The fraction of sp³-hybridized carbons (Fsp3) is 0.250. The number of aromatic nitrogens is 2. The van der Waals surface area contributed by atoms with Gasteiger partial charge in [0.25, 0.3) is 0 Å². The van der Waals surface area contributed by atoms with Crippen molar-refractivity contribution in [2.75, 3.05) is 11.9 Å². The van der Waals surface area contributed by atoms with Crippen LogP contribution in [0.3, 0.4) is 0 Å². The topological polar surface area (TPSA) is 87.9 Å². The standard InChI is InChI=1S/C16H15ClN4O2/c1-3-23-16(22)15-19-9-14(13(8-18)21-15)20-10(2)11-6-4-5-7-12(11)17/h4-7,9-10,20H,3H2,1-2H3/t10-/m0/s1. The molecule has 0 unspecified atom stereocenters. The summed E-state index contributed by atoms with van der Waals surface area (Å²) in [6, 6.07) is 9.20. The number of hydrogen-bond acceptors (Lipinski definition) is 6. The van der Waals surface area contributed by atoms with Crippen LogP contribution in [0.15, 0.2) is 30.5 Å². The number of anilines is 1. The summed E-state index contributed by atoms with van der Waals surface area (Å²) in [5, 5.41) is 13.0. The second-order valence-corrected chi connectivity index (χ2v) is 5.08. The summed E-state index contributed by atoms with van der Waals surface area (Å²) >= 11 is 6.16. The molecule has 1 aromatic heterocycles. The number of halogens is 1. The van der Waals surface area contributed by atoms with Crippen LogP contribution in [0.1, 0.15) is 41.8 Å². The van der Waals surface area contributed by atoms with E-state index in [-0.39, 0.29) is 24.2 Å². The first kappa shape index (κ1) is 16.7. The summed E-state index contributed by atoms with van der Waals surface area (Å²) in [6.45, 7) is 3.81. The molecule has 0 saturated heterocycles. The number of nitrogens with one attached hydrogen (secondary N) is 1. The van der Waals surface area contributed by atoms with Gasteiger partial charge in [0.15, 0.2) is 5.69 Å². The zero-order valence-electron chi connectivity index (χ0n) is 12.7. The molecule has 0 amide bonds. The molecule has 0 saturated carbocycles. The SMILES string of the molecule is CCOC(=O)c1ncc(N[C@@H](C)c2ccccc2Cl)c(C#N)n1. The molecule has 2 rings (SSSR count). The van der Waals surface area contributed by atoms with Gasteiger partial charge in [0.1, 0.15) is 6.07 Å². The van der Waals surface area contributed by atoms with E-state index in [0.717, 1.165) is 5.56 Å². The van der Waals surface area contributed by atoms with Gasteiger partial charge in [-0.05, 0) is 25.5 Å². The number of ether oxygens (including phenoxy) is 1. The van der Waals surface area contributed by atoms with E-state index in [9.17, 15) is 10.1 Å². The van der Waals surface area contributed by atoms with Gasteiger partial charge in [0, 0.05) is 5.02 Å². The van der Waals surface area contributed by atoms with E-state index in [2.05, 4.69) is 15.3 Å². The summed E-state index contributed by atoms with van der Waals surface area (Å²) in [6.07, 6.45) is 1.39. The fourth-order valence-electron chi connectivity index (χ4n) is 2.00. The van der Waals surface area contributed by atoms with Crippen LogP contribution in [0.25, 0.3) is 0 Å². The van der Waals surface area contributed by atoms with E-state index in [4.69, 9.17) is 16.3 Å². The van der Waals surface area contributed by atoms with Gasteiger partial charge >= 0.3 is 5.97 Å². The van der Waals surface area contributed by atoms with Gasteiger partial charge in [-0.3, -0.25) is 0 Å². The lowest BCUT2D eigenvalue weighted by atomic mass is 10.1. The molecule has 23 heavy (non-hydrogen) atoms. The van der Waals surface area contributed by atoms with Crippen molar-refractivity contribution in [3.63, 3.8) is 0 Å². The number of hydrogen-bond donors (Lipinski definition) is 1. The lowest BCUT2D eigenvalue weighted by Gasteiger charge is -2.17. The molecule has 2 aromatic rings. The van der Waals surface area contributed by atoms with E-state index in [1.807, 2.05) is 31.2 Å². The van der Waals surface area contributed by atoms with Gasteiger partial charge in [-0.2, -0.15) is 5.26 Å². The predicted molar refractivity (Wildman–Crippen MR) is 86.2 cm³/mol. The summed E-state index contributed by atoms with van der Waals surface area (Å²) < 4.78 is 4.82. The Morgan fingerprint density at radius 1 is 1.48 bits per heavy atom. The van der Waals surface area contributed by atoms with Crippen LogP contribution in [-0.4, -0.2) is 22.5 Å². The second kappa shape index (κ2) is 7.56. The molecule has 1 aromatic carbocycles. The number of carbonyl (C=O) groups excluding carboxylic acids is 1. The van der Waals surface area contributed by atoms with Crippen LogP contribution in [0.5, 0.6) is 0 Å². The van der Waals surface area contributed by atoms with E-state index < -0.39 is 5.97 Å². The van der Waals surface area contributed by atoms with Crippen LogP contribution < -0.4 is 5.32 Å². The van der Waals surface area contributed by atoms with Crippen molar-refractivity contribution in [1.82, 2.24) is 9.97 Å². The number of benzene rings is 1. The van der Waals surface area contributed by atoms with Crippen LogP contribution in [0, 0.1) is 11.3 Å². The minimum atomic E-state index is -0.658. The zero-order valence-corrected chi connectivity index (χ0v) is 13.5. The minimum Gasteiger partial charge on any atom is -0.460 e. The monoisotopic (exact) mass is 330 g/mol. The lowest BCUT2D eigenvalue weighted by Crippen LogP contribution is -2.14. The number of nitriles is 1. The van der Waals surface area contributed by atoms with Crippen LogP contribution in [0.2, 0.25) is 5.02 Å². The van der Waals surface area contributed by atoms with E-state index >= 15 is 0 Å². The Labute approximate surface area is 139 Å². The first-order valence-corrected chi connectivity index (χ1v) is 7.39. The van der Waals surface area contributed by atoms with Gasteiger partial charge < -0.3 is 10.1 Å². The number of carbonyl (C=O) groups is 1. The number of nitrogens with zero attached hydrogens (tertiary/aromatic N) is 3. The predicted octanol–water partition coefficient (Wildman–Crippen LogP) is 3.35. The quantitative estimate of drug-likeness (QED) is 0.846. The van der Waals surface area contributed by atoms with Crippen molar-refractivity contribution in [2.24, 2.45) is 0 Å². The van der Waals surface area contributed by atoms with E-state index in [0.29, 0.717) is 10.7 Å².